The van der Waals surface area contributed by atoms with Crippen molar-refractivity contribution in [2.24, 2.45) is 11.8 Å². The Morgan fingerprint density at radius 2 is 1.73 bits per heavy atom. The molecule has 0 atom stereocenters. The normalized spacial score (nSPS) is 48.1. The summed E-state index contributed by atoms with van der Waals surface area (Å²) in [5, 5.41) is 10.2. The smallest absolute Gasteiger partial charge is 0.0737 e. The van der Waals surface area contributed by atoms with Gasteiger partial charge in [0, 0.05) is 0 Å². The van der Waals surface area contributed by atoms with Crippen LogP contribution in [0.3, 0.4) is 0 Å². The Morgan fingerprint density at radius 3 is 2.09 bits per heavy atom. The van der Waals surface area contributed by atoms with Crippen molar-refractivity contribution in [3.05, 3.63) is 12.7 Å². The molecule has 2 aliphatic carbocycles. The van der Waals surface area contributed by atoms with E-state index in [4.69, 9.17) is 0 Å². The maximum absolute atomic E-state index is 10.2. The molecule has 0 unspecified atom stereocenters. The zero-order valence-corrected chi connectivity index (χ0v) is 6.92. The Morgan fingerprint density at radius 1 is 1.27 bits per heavy atom. The monoisotopic (exact) mass is 152 g/mol. The topological polar surface area (TPSA) is 20.2 Å². The average Bonchev–Trinajstić information content (AvgIpc) is 2.46. The Labute approximate surface area is 68.1 Å². The summed E-state index contributed by atoms with van der Waals surface area (Å²) in [5.41, 5.74) is -0.345. The van der Waals surface area contributed by atoms with Crippen LogP contribution < -0.4 is 0 Å². The SMILES string of the molecule is C=CCC1(O)C2CCC1CC2. The van der Waals surface area contributed by atoms with Gasteiger partial charge in [-0.2, -0.15) is 0 Å². The van der Waals surface area contributed by atoms with E-state index in [1.165, 1.54) is 25.7 Å². The molecule has 0 aliphatic heterocycles. The molecule has 2 rings (SSSR count). The molecule has 2 fully saturated rings. The lowest BCUT2D eigenvalue weighted by Crippen LogP contribution is -2.33. The molecular formula is C10H16O. The highest BCUT2D eigenvalue weighted by Crippen LogP contribution is 2.53. The largest absolute Gasteiger partial charge is 0.389 e. The first-order chi connectivity index (χ1) is 5.27. The van der Waals surface area contributed by atoms with E-state index in [2.05, 4.69) is 6.58 Å². The van der Waals surface area contributed by atoms with Crippen molar-refractivity contribution in [2.45, 2.75) is 37.7 Å². The number of rotatable bonds is 2. The zero-order chi connectivity index (χ0) is 7.90. The summed E-state index contributed by atoms with van der Waals surface area (Å²) in [6.45, 7) is 3.71. The molecule has 2 aliphatic rings. The van der Waals surface area contributed by atoms with Gasteiger partial charge in [-0.3, -0.25) is 0 Å². The Kier molecular flexibility index (Phi) is 1.57. The molecule has 1 nitrogen and oxygen atoms in total. The van der Waals surface area contributed by atoms with Crippen LogP contribution in [-0.2, 0) is 0 Å². The third kappa shape index (κ3) is 0.871. The molecule has 1 N–H and O–H groups in total. The number of aliphatic hydroxyl groups is 1. The molecule has 2 saturated carbocycles. The number of fused-ring (bicyclic) bond motifs is 2. The Bertz CT molecular complexity index is 154. The third-order valence-electron chi connectivity index (χ3n) is 3.61. The highest BCUT2D eigenvalue weighted by Gasteiger charge is 2.52. The predicted molar refractivity (Wildman–Crippen MR) is 45.2 cm³/mol. The van der Waals surface area contributed by atoms with Crippen molar-refractivity contribution < 1.29 is 5.11 Å². The Hall–Kier alpha value is -0.300. The van der Waals surface area contributed by atoms with Gasteiger partial charge in [0.25, 0.3) is 0 Å². The molecule has 0 amide bonds. The lowest BCUT2D eigenvalue weighted by molar-refractivity contribution is -0.00189. The second kappa shape index (κ2) is 2.34. The fourth-order valence-electron chi connectivity index (χ4n) is 2.99. The second-order valence-electron chi connectivity index (χ2n) is 4.03. The maximum Gasteiger partial charge on any atom is 0.0737 e. The van der Waals surface area contributed by atoms with E-state index in [0.29, 0.717) is 11.8 Å². The standard InChI is InChI=1S/C10H16O/c1-2-7-10(11)8-3-4-9(10)6-5-8/h2,8-9,11H,1,3-7H2. The molecule has 11 heavy (non-hydrogen) atoms. The van der Waals surface area contributed by atoms with Crippen LogP contribution >= 0.6 is 0 Å². The summed E-state index contributed by atoms with van der Waals surface area (Å²) in [6, 6.07) is 0. The van der Waals surface area contributed by atoms with Gasteiger partial charge in [0.05, 0.1) is 5.60 Å². The molecule has 0 aromatic rings. The van der Waals surface area contributed by atoms with E-state index in [1.807, 2.05) is 6.08 Å². The highest BCUT2D eigenvalue weighted by molar-refractivity contribution is 5.06. The summed E-state index contributed by atoms with van der Waals surface area (Å²) in [6.07, 6.45) is 7.66. The molecule has 0 heterocycles. The van der Waals surface area contributed by atoms with Crippen molar-refractivity contribution in [1.29, 1.82) is 0 Å². The second-order valence-corrected chi connectivity index (χ2v) is 4.03. The van der Waals surface area contributed by atoms with Gasteiger partial charge in [-0.05, 0) is 43.9 Å². The van der Waals surface area contributed by atoms with Crippen LogP contribution in [0.5, 0.6) is 0 Å². The lowest BCUT2D eigenvalue weighted by atomic mass is 9.88. The zero-order valence-electron chi connectivity index (χ0n) is 6.92. The number of hydrogen-bond acceptors (Lipinski definition) is 1. The Balaban J connectivity index is 2.18. The minimum absolute atomic E-state index is 0.345. The molecule has 62 valence electrons. The summed E-state index contributed by atoms with van der Waals surface area (Å²) >= 11 is 0. The van der Waals surface area contributed by atoms with E-state index in [9.17, 15) is 5.11 Å². The molecule has 0 aromatic carbocycles. The minimum atomic E-state index is -0.345. The first-order valence-corrected chi connectivity index (χ1v) is 4.60. The quantitative estimate of drug-likeness (QED) is 0.601. The van der Waals surface area contributed by atoms with Gasteiger partial charge in [0.2, 0.25) is 0 Å². The van der Waals surface area contributed by atoms with Crippen LogP contribution in [0.4, 0.5) is 0 Å². The van der Waals surface area contributed by atoms with Gasteiger partial charge in [-0.25, -0.2) is 0 Å². The molecule has 0 spiro atoms. The van der Waals surface area contributed by atoms with Gasteiger partial charge < -0.3 is 5.11 Å². The minimum Gasteiger partial charge on any atom is -0.389 e. The van der Waals surface area contributed by atoms with Crippen LogP contribution in [0, 0.1) is 11.8 Å². The molecule has 2 bridgehead atoms. The van der Waals surface area contributed by atoms with Gasteiger partial charge in [-0.1, -0.05) is 6.08 Å². The van der Waals surface area contributed by atoms with Gasteiger partial charge in [-0.15, -0.1) is 6.58 Å². The summed E-state index contributed by atoms with van der Waals surface area (Å²) < 4.78 is 0. The van der Waals surface area contributed by atoms with Crippen molar-refractivity contribution in [3.63, 3.8) is 0 Å². The fourth-order valence-corrected chi connectivity index (χ4v) is 2.99. The molecule has 1 heteroatoms. The van der Waals surface area contributed by atoms with Crippen molar-refractivity contribution in [1.82, 2.24) is 0 Å². The lowest BCUT2D eigenvalue weighted by Gasteiger charge is -2.26. The van der Waals surface area contributed by atoms with E-state index in [-0.39, 0.29) is 5.60 Å². The molecule has 0 aromatic heterocycles. The van der Waals surface area contributed by atoms with Gasteiger partial charge >= 0.3 is 0 Å². The van der Waals surface area contributed by atoms with E-state index in [1.54, 1.807) is 0 Å². The van der Waals surface area contributed by atoms with E-state index < -0.39 is 0 Å². The summed E-state index contributed by atoms with van der Waals surface area (Å²) in [5.74, 6) is 1.18. The van der Waals surface area contributed by atoms with Crippen molar-refractivity contribution >= 4 is 0 Å². The first kappa shape index (κ1) is 7.35. The van der Waals surface area contributed by atoms with E-state index >= 15 is 0 Å². The van der Waals surface area contributed by atoms with Gasteiger partial charge in [0.1, 0.15) is 0 Å². The van der Waals surface area contributed by atoms with Crippen LogP contribution in [-0.4, -0.2) is 10.7 Å². The van der Waals surface area contributed by atoms with Crippen molar-refractivity contribution in [2.75, 3.05) is 0 Å². The van der Waals surface area contributed by atoms with Crippen LogP contribution in [0.2, 0.25) is 0 Å². The van der Waals surface area contributed by atoms with Gasteiger partial charge in [0.15, 0.2) is 0 Å². The van der Waals surface area contributed by atoms with Crippen LogP contribution in [0.25, 0.3) is 0 Å². The third-order valence-corrected chi connectivity index (χ3v) is 3.61. The average molecular weight is 152 g/mol. The highest BCUT2D eigenvalue weighted by atomic mass is 16.3. The molecular weight excluding hydrogens is 136 g/mol. The maximum atomic E-state index is 10.2. The first-order valence-electron chi connectivity index (χ1n) is 4.60. The number of hydrogen-bond donors (Lipinski definition) is 1. The fraction of sp³-hybridized carbons (Fsp3) is 0.800. The summed E-state index contributed by atoms with van der Waals surface area (Å²) in [7, 11) is 0. The summed E-state index contributed by atoms with van der Waals surface area (Å²) in [4.78, 5) is 0. The van der Waals surface area contributed by atoms with Crippen LogP contribution in [0.15, 0.2) is 12.7 Å². The van der Waals surface area contributed by atoms with Crippen LogP contribution in [0.1, 0.15) is 32.1 Å². The van der Waals surface area contributed by atoms with Crippen molar-refractivity contribution in [3.8, 4) is 0 Å². The van der Waals surface area contributed by atoms with E-state index in [0.717, 1.165) is 6.42 Å². The predicted octanol–water partition coefficient (Wildman–Crippen LogP) is 2.11. The molecule has 0 saturated heterocycles. The molecule has 0 radical (unpaired) electrons.